The average molecular weight is 1030 g/mol. The largest absolute Gasteiger partial charge is 0.393 e. The van der Waals surface area contributed by atoms with Crippen molar-refractivity contribution in [2.75, 3.05) is 10.6 Å². The lowest BCUT2D eigenvalue weighted by molar-refractivity contribution is -0.445. The van der Waals surface area contributed by atoms with E-state index in [1.165, 1.54) is 0 Å². The van der Waals surface area contributed by atoms with Crippen molar-refractivity contribution in [3.63, 3.8) is 0 Å². The number of alkyl halides is 34. The normalized spacial score (nSPS) is 16.0. The fraction of sp³-hybridized carbons (Fsp3) is 0.667. The molecule has 0 bridgehead atoms. The molecule has 0 aliphatic heterocycles. The molecule has 0 saturated heterocycles. The Bertz CT molecular complexity index is 1720. The average Bonchev–Trinajstić information content (AvgIpc) is 3.06. The van der Waals surface area contributed by atoms with E-state index < -0.39 is 123 Å². The molecule has 0 aromatic heterocycles. The first kappa shape index (κ1) is 56.5. The number of amides is 2. The fourth-order valence-corrected chi connectivity index (χ4v) is 3.94. The van der Waals surface area contributed by atoms with Gasteiger partial charge in [-0.3, -0.25) is 9.59 Å². The molecular weight excluding hydrogens is 1030 g/mol. The van der Waals surface area contributed by atoms with Gasteiger partial charge in [-0.05, 0) is 41.4 Å². The fourth-order valence-electron chi connectivity index (χ4n) is 3.71. The molecule has 2 amide bonds. The Balaban J connectivity index is 3.63. The third-order valence-corrected chi connectivity index (χ3v) is 7.87. The minimum absolute atomic E-state index is 0.101. The quantitative estimate of drug-likeness (QED) is 0.114. The number of halogens is 34. The van der Waals surface area contributed by atoms with Crippen LogP contribution in [0.1, 0.15) is 0 Å². The third-order valence-electron chi connectivity index (χ3n) is 7.39. The summed E-state index contributed by atoms with van der Waals surface area (Å²) in [6.07, 6.45) is 0. The highest BCUT2D eigenvalue weighted by Gasteiger charge is 2.97. The lowest BCUT2D eigenvalue weighted by Crippen LogP contribution is -2.75. The predicted molar refractivity (Wildman–Crippen MR) is 135 cm³/mol. The Morgan fingerprint density at radius 3 is 0.694 bits per heavy atom. The van der Waals surface area contributed by atoms with Crippen LogP contribution in [0.5, 0.6) is 0 Å². The molecule has 0 aliphatic rings. The van der Waals surface area contributed by atoms with Crippen molar-refractivity contribution in [2.45, 2.75) is 93.7 Å². The summed E-state index contributed by atoms with van der Waals surface area (Å²) >= 11 is 6.67. The minimum atomic E-state index is -9.10. The number of hydrogen-bond donors (Lipinski definition) is 2. The van der Waals surface area contributed by atoms with Gasteiger partial charge >= 0.3 is 105 Å². The molecule has 2 N–H and O–H groups in total. The Morgan fingerprint density at radius 1 is 0.323 bits per heavy atom. The van der Waals surface area contributed by atoms with Crippen molar-refractivity contribution in [1.29, 1.82) is 0 Å². The first-order chi connectivity index (χ1) is 26.5. The first-order valence-electron chi connectivity index (χ1n) is 13.7. The monoisotopic (exact) mass is 1030 g/mol. The Hall–Kier alpha value is -3.50. The smallest absolute Gasteiger partial charge is 0.321 e. The third kappa shape index (κ3) is 7.48. The zero-order chi connectivity index (χ0) is 50.6. The molecule has 1 rings (SSSR count). The van der Waals surface area contributed by atoms with E-state index in [4.69, 9.17) is 0 Å². The molecule has 0 unspecified atom stereocenters. The van der Waals surface area contributed by atoms with Crippen LogP contribution in [0, 0.1) is 0 Å². The van der Waals surface area contributed by atoms with Crippen molar-refractivity contribution in [3.05, 3.63) is 24.3 Å². The standard InChI is InChI=1S/C24H6Cl2F32N2O2/c25-23(55,56)21(51,52)19(47,48)17(43,44)15(39,40)13(35,36)11(31,32)9(27,28)7(61)59-5-2-1-3-6(4-5)60-8(62)10(29,30)12(33,34)14(37,38)16(41,42)18(45,46)20(49,50)22(53,54)24(26,57)58/h1-4H,(H,59,61)(H,60,62). The summed E-state index contributed by atoms with van der Waals surface area (Å²) in [5.41, 5.74) is -4.13. The van der Waals surface area contributed by atoms with Gasteiger partial charge in [0.2, 0.25) is 0 Å². The van der Waals surface area contributed by atoms with E-state index in [9.17, 15) is 150 Å². The summed E-state index contributed by atoms with van der Waals surface area (Å²) in [4.78, 5) is 23.5. The van der Waals surface area contributed by atoms with E-state index in [1.807, 2.05) is 0 Å². The van der Waals surface area contributed by atoms with Gasteiger partial charge in [-0.2, -0.15) is 140 Å². The van der Waals surface area contributed by atoms with Crippen LogP contribution in [-0.4, -0.2) is 105 Å². The zero-order valence-corrected chi connectivity index (χ0v) is 28.5. The molecule has 38 heteroatoms. The number of carbonyl (C=O) groups excluding carboxylic acids is 2. The number of rotatable bonds is 18. The zero-order valence-electron chi connectivity index (χ0n) is 27.0. The number of benzene rings is 1. The predicted octanol–water partition coefficient (Wildman–Crippen LogP) is 12.1. The molecular formula is C24H6Cl2F32N2O2. The maximum atomic E-state index is 14.2. The van der Waals surface area contributed by atoms with E-state index in [1.54, 1.807) is 0 Å². The second-order valence-corrected chi connectivity index (χ2v) is 12.5. The van der Waals surface area contributed by atoms with Crippen molar-refractivity contribution >= 4 is 46.4 Å². The molecule has 0 spiro atoms. The van der Waals surface area contributed by atoms with Gasteiger partial charge in [0.05, 0.1) is 0 Å². The number of hydrogen-bond acceptors (Lipinski definition) is 2. The summed E-state index contributed by atoms with van der Waals surface area (Å²) in [7, 11) is 0. The van der Waals surface area contributed by atoms with Crippen LogP contribution in [0.2, 0.25) is 0 Å². The first-order valence-corrected chi connectivity index (χ1v) is 14.4. The summed E-state index contributed by atoms with van der Waals surface area (Å²) in [5.74, 6) is -130. The second kappa shape index (κ2) is 15.0. The lowest BCUT2D eigenvalue weighted by atomic mass is 9.89. The Morgan fingerprint density at radius 2 is 0.500 bits per heavy atom. The van der Waals surface area contributed by atoms with Crippen molar-refractivity contribution in [1.82, 2.24) is 0 Å². The van der Waals surface area contributed by atoms with E-state index in [-0.39, 0.29) is 28.8 Å². The highest BCUT2D eigenvalue weighted by molar-refractivity contribution is 6.22. The molecule has 0 heterocycles. The highest BCUT2D eigenvalue weighted by atomic mass is 35.5. The molecule has 4 nitrogen and oxygen atoms in total. The molecule has 1 aromatic rings. The molecule has 1 aromatic carbocycles. The maximum Gasteiger partial charge on any atom is 0.393 e. The number of nitrogens with one attached hydrogen (secondary N) is 2. The van der Waals surface area contributed by atoms with E-state index >= 15 is 0 Å². The summed E-state index contributed by atoms with van der Waals surface area (Å²) in [6, 6.07) is -1.23. The van der Waals surface area contributed by atoms with Crippen LogP contribution in [0.15, 0.2) is 24.3 Å². The van der Waals surface area contributed by atoms with Gasteiger partial charge in [-0.1, -0.05) is 6.07 Å². The molecule has 0 aliphatic carbocycles. The van der Waals surface area contributed by atoms with Crippen molar-refractivity contribution in [2.24, 2.45) is 0 Å². The van der Waals surface area contributed by atoms with E-state index in [0.717, 1.165) is 0 Å². The van der Waals surface area contributed by atoms with Crippen LogP contribution < -0.4 is 10.6 Å². The van der Waals surface area contributed by atoms with Gasteiger partial charge in [0.15, 0.2) is 0 Å². The van der Waals surface area contributed by atoms with Crippen molar-refractivity contribution < 1.29 is 150 Å². The Kier molecular flexibility index (Phi) is 13.7. The van der Waals surface area contributed by atoms with Crippen LogP contribution in [-0.2, 0) is 9.59 Å². The van der Waals surface area contributed by atoms with Crippen LogP contribution in [0.3, 0.4) is 0 Å². The van der Waals surface area contributed by atoms with Gasteiger partial charge in [-0.15, -0.1) is 0 Å². The molecule has 0 fully saturated rings. The van der Waals surface area contributed by atoms with Crippen LogP contribution in [0.25, 0.3) is 0 Å². The van der Waals surface area contributed by atoms with E-state index in [0.29, 0.717) is 0 Å². The van der Waals surface area contributed by atoms with Crippen LogP contribution in [0.4, 0.5) is 152 Å². The van der Waals surface area contributed by atoms with Gasteiger partial charge in [0.25, 0.3) is 0 Å². The second-order valence-electron chi connectivity index (χ2n) is 11.5. The molecule has 362 valence electrons. The molecule has 0 atom stereocenters. The van der Waals surface area contributed by atoms with Gasteiger partial charge in [0, 0.05) is 11.4 Å². The number of anilines is 2. The molecule has 62 heavy (non-hydrogen) atoms. The Labute approximate surface area is 325 Å². The summed E-state index contributed by atoms with van der Waals surface area (Å²) < 4.78 is 437. The van der Waals surface area contributed by atoms with E-state index in [2.05, 4.69) is 23.2 Å². The van der Waals surface area contributed by atoms with Gasteiger partial charge < -0.3 is 10.6 Å². The highest BCUT2D eigenvalue weighted by Crippen LogP contribution is 2.66. The topological polar surface area (TPSA) is 58.2 Å². The maximum absolute atomic E-state index is 14.2. The minimum Gasteiger partial charge on any atom is -0.321 e. The van der Waals surface area contributed by atoms with Crippen LogP contribution >= 0.6 is 23.2 Å². The van der Waals surface area contributed by atoms with Gasteiger partial charge in [-0.25, -0.2) is 0 Å². The van der Waals surface area contributed by atoms with Gasteiger partial charge in [0.1, 0.15) is 0 Å². The molecule has 0 saturated carbocycles. The molecule has 0 radical (unpaired) electrons. The lowest BCUT2D eigenvalue weighted by Gasteiger charge is -2.42. The summed E-state index contributed by atoms with van der Waals surface area (Å²) in [6.45, 7) is 0. The van der Waals surface area contributed by atoms with Crippen molar-refractivity contribution in [3.8, 4) is 0 Å². The number of carbonyl (C=O) groups is 2. The SMILES string of the molecule is O=C(Nc1cccc(NC(=O)C(F)(F)C(F)(F)C(F)(F)C(F)(F)C(F)(F)C(F)(F)C(F)(F)C(F)(F)Cl)c1)C(F)(F)C(F)(F)C(F)(F)C(F)(F)C(F)(F)C(F)(F)C(F)(F)C(F)(F)Cl. The summed E-state index contributed by atoms with van der Waals surface area (Å²) in [5, 5.41) is -14.1.